The van der Waals surface area contributed by atoms with E-state index in [4.69, 9.17) is 18.0 Å². The van der Waals surface area contributed by atoms with Crippen LogP contribution in [-0.2, 0) is 0 Å². The number of thiocarbonyl (C=S) groups is 1. The number of rotatable bonds is 5. The first kappa shape index (κ1) is 14.6. The summed E-state index contributed by atoms with van der Waals surface area (Å²) in [7, 11) is 0. The molecule has 0 spiro atoms. The van der Waals surface area contributed by atoms with Crippen LogP contribution in [0.3, 0.4) is 0 Å². The Labute approximate surface area is 119 Å². The van der Waals surface area contributed by atoms with Crippen molar-refractivity contribution in [3.05, 3.63) is 20.8 Å². The minimum Gasteiger partial charge on any atom is -0.393 e. The lowest BCUT2D eigenvalue weighted by Gasteiger charge is -2.23. The minimum atomic E-state index is 0.0336. The van der Waals surface area contributed by atoms with Gasteiger partial charge in [0.05, 0.1) is 13.7 Å². The number of amides is 1. The minimum absolute atomic E-state index is 0.0336. The zero-order valence-corrected chi connectivity index (χ0v) is 13.0. The molecule has 0 aliphatic carbocycles. The van der Waals surface area contributed by atoms with Crippen molar-refractivity contribution < 1.29 is 4.79 Å². The highest BCUT2D eigenvalue weighted by molar-refractivity contribution is 9.11. The Hall–Kier alpha value is -0.460. The van der Waals surface area contributed by atoms with Gasteiger partial charge in [0.2, 0.25) is 0 Å². The highest BCUT2D eigenvalue weighted by atomic mass is 79.9. The molecule has 0 radical (unpaired) electrons. The van der Waals surface area contributed by atoms with Gasteiger partial charge in [0.1, 0.15) is 0 Å². The van der Waals surface area contributed by atoms with Crippen LogP contribution in [0.5, 0.6) is 0 Å². The molecule has 2 N–H and O–H groups in total. The van der Waals surface area contributed by atoms with Gasteiger partial charge in [-0.1, -0.05) is 19.1 Å². The lowest BCUT2D eigenvalue weighted by Crippen LogP contribution is -2.37. The lowest BCUT2D eigenvalue weighted by atomic mass is 10.1. The van der Waals surface area contributed by atoms with E-state index < -0.39 is 0 Å². The van der Waals surface area contributed by atoms with Crippen molar-refractivity contribution in [2.24, 2.45) is 11.7 Å². The third kappa shape index (κ3) is 4.04. The summed E-state index contributed by atoms with van der Waals surface area (Å²) in [5.41, 5.74) is 5.57. The topological polar surface area (TPSA) is 46.3 Å². The Balaban J connectivity index is 2.74. The average molecular weight is 335 g/mol. The number of thiophene rings is 1. The van der Waals surface area contributed by atoms with Crippen molar-refractivity contribution >= 4 is 50.4 Å². The second kappa shape index (κ2) is 6.47. The zero-order chi connectivity index (χ0) is 13.0. The Bertz CT molecular complexity index is 419. The van der Waals surface area contributed by atoms with Crippen LogP contribution in [0.2, 0.25) is 0 Å². The molecular weight excluding hydrogens is 320 g/mol. The molecule has 0 aliphatic heterocycles. The van der Waals surface area contributed by atoms with Gasteiger partial charge in [-0.25, -0.2) is 0 Å². The normalized spacial score (nSPS) is 12.2. The third-order valence-electron chi connectivity index (χ3n) is 2.43. The summed E-state index contributed by atoms with van der Waals surface area (Å²) in [6, 6.07) is 3.70. The fourth-order valence-electron chi connectivity index (χ4n) is 1.36. The number of hydrogen-bond donors (Lipinski definition) is 1. The molecule has 94 valence electrons. The fourth-order valence-corrected chi connectivity index (χ4v) is 2.79. The van der Waals surface area contributed by atoms with Crippen molar-refractivity contribution in [1.82, 2.24) is 4.90 Å². The monoisotopic (exact) mass is 334 g/mol. The summed E-state index contributed by atoms with van der Waals surface area (Å²) in [5, 5.41) is 0. The van der Waals surface area contributed by atoms with Crippen molar-refractivity contribution in [3.8, 4) is 0 Å². The average Bonchev–Trinajstić information content (AvgIpc) is 2.71. The first-order valence-electron chi connectivity index (χ1n) is 5.29. The maximum absolute atomic E-state index is 12.2. The summed E-state index contributed by atoms with van der Waals surface area (Å²) in [6.45, 7) is 5.11. The van der Waals surface area contributed by atoms with Crippen LogP contribution in [0.1, 0.15) is 23.5 Å². The van der Waals surface area contributed by atoms with Gasteiger partial charge < -0.3 is 10.6 Å². The molecule has 0 saturated heterocycles. The van der Waals surface area contributed by atoms with Crippen molar-refractivity contribution in [1.29, 1.82) is 0 Å². The van der Waals surface area contributed by atoms with E-state index in [2.05, 4.69) is 15.9 Å². The highest BCUT2D eigenvalue weighted by Crippen LogP contribution is 2.23. The number of nitrogens with two attached hydrogens (primary N) is 1. The summed E-state index contributed by atoms with van der Waals surface area (Å²) >= 11 is 9.72. The van der Waals surface area contributed by atoms with Crippen LogP contribution in [-0.4, -0.2) is 28.9 Å². The molecule has 6 heteroatoms. The number of carbonyl (C=O) groups is 1. The molecule has 1 aromatic heterocycles. The van der Waals surface area contributed by atoms with Gasteiger partial charge in [-0.15, -0.1) is 11.3 Å². The molecule has 1 heterocycles. The molecule has 17 heavy (non-hydrogen) atoms. The smallest absolute Gasteiger partial charge is 0.263 e. The molecule has 0 bridgehead atoms. The van der Waals surface area contributed by atoms with Crippen LogP contribution in [0, 0.1) is 5.92 Å². The van der Waals surface area contributed by atoms with E-state index in [1.54, 1.807) is 4.90 Å². The van der Waals surface area contributed by atoms with Crippen LogP contribution in [0.4, 0.5) is 0 Å². The summed E-state index contributed by atoms with van der Waals surface area (Å²) in [5.74, 6) is 0.0728. The van der Waals surface area contributed by atoms with Crippen LogP contribution < -0.4 is 5.73 Å². The van der Waals surface area contributed by atoms with E-state index in [9.17, 15) is 4.79 Å². The highest BCUT2D eigenvalue weighted by Gasteiger charge is 2.19. The van der Waals surface area contributed by atoms with E-state index in [0.29, 0.717) is 18.1 Å². The number of hydrogen-bond acceptors (Lipinski definition) is 3. The molecular formula is C11H15BrN2OS2. The largest absolute Gasteiger partial charge is 0.393 e. The second-order valence-corrected chi connectivity index (χ2v) is 6.69. The predicted octanol–water partition coefficient (Wildman–Crippen LogP) is 2.89. The molecule has 1 amide bonds. The van der Waals surface area contributed by atoms with E-state index >= 15 is 0 Å². The lowest BCUT2D eigenvalue weighted by molar-refractivity contribution is 0.0760. The van der Waals surface area contributed by atoms with Crippen molar-refractivity contribution in [2.45, 2.75) is 13.8 Å². The summed E-state index contributed by atoms with van der Waals surface area (Å²) in [4.78, 5) is 15.1. The number of nitrogens with zero attached hydrogens (tertiary/aromatic N) is 1. The molecule has 0 aromatic carbocycles. The van der Waals surface area contributed by atoms with Gasteiger partial charge in [-0.05, 0) is 35.0 Å². The Morgan fingerprint density at radius 1 is 1.65 bits per heavy atom. The number of carbonyl (C=O) groups excluding carboxylic acids is 1. The zero-order valence-electron chi connectivity index (χ0n) is 9.77. The van der Waals surface area contributed by atoms with Gasteiger partial charge in [0.15, 0.2) is 0 Å². The molecule has 1 unspecified atom stereocenters. The number of halogens is 1. The van der Waals surface area contributed by atoms with Gasteiger partial charge in [0, 0.05) is 19.0 Å². The molecule has 3 nitrogen and oxygen atoms in total. The molecule has 1 aromatic rings. The molecule has 0 aliphatic rings. The maximum atomic E-state index is 12.2. The Morgan fingerprint density at radius 2 is 2.29 bits per heavy atom. The van der Waals surface area contributed by atoms with Gasteiger partial charge in [0.25, 0.3) is 5.91 Å². The van der Waals surface area contributed by atoms with Crippen molar-refractivity contribution in [3.63, 3.8) is 0 Å². The summed E-state index contributed by atoms with van der Waals surface area (Å²) < 4.78 is 0.958. The third-order valence-corrected chi connectivity index (χ3v) is 4.45. The standard InChI is InChI=1S/C11H15BrN2OS2/c1-3-14(6-7(2)10(13)16)11(15)8-4-5-9(12)17-8/h4-5,7H,3,6H2,1-2H3,(H2,13,16). The van der Waals surface area contributed by atoms with Gasteiger partial charge in [-0.3, -0.25) is 4.79 Å². The van der Waals surface area contributed by atoms with Crippen LogP contribution >= 0.6 is 39.5 Å². The van der Waals surface area contributed by atoms with E-state index in [0.717, 1.165) is 8.66 Å². The SMILES string of the molecule is CCN(CC(C)C(N)=S)C(=O)c1ccc(Br)s1. The van der Waals surface area contributed by atoms with Crippen LogP contribution in [0.25, 0.3) is 0 Å². The Kier molecular flexibility index (Phi) is 5.55. The Morgan fingerprint density at radius 3 is 2.71 bits per heavy atom. The predicted molar refractivity (Wildman–Crippen MR) is 79.5 cm³/mol. The van der Waals surface area contributed by atoms with Crippen molar-refractivity contribution in [2.75, 3.05) is 13.1 Å². The molecule has 0 fully saturated rings. The second-order valence-electron chi connectivity index (χ2n) is 3.75. The van der Waals surface area contributed by atoms with E-state index in [-0.39, 0.29) is 11.8 Å². The quantitative estimate of drug-likeness (QED) is 0.842. The van der Waals surface area contributed by atoms with E-state index in [1.165, 1.54) is 11.3 Å². The first-order chi connectivity index (χ1) is 7.95. The molecule has 1 atom stereocenters. The van der Waals surface area contributed by atoms with E-state index in [1.807, 2.05) is 26.0 Å². The molecule has 0 saturated carbocycles. The van der Waals surface area contributed by atoms with Crippen LogP contribution in [0.15, 0.2) is 15.9 Å². The molecule has 1 rings (SSSR count). The fraction of sp³-hybridized carbons (Fsp3) is 0.455. The maximum Gasteiger partial charge on any atom is 0.263 e. The van der Waals surface area contributed by atoms with Gasteiger partial charge in [-0.2, -0.15) is 0 Å². The van der Waals surface area contributed by atoms with Gasteiger partial charge >= 0.3 is 0 Å². The first-order valence-corrected chi connectivity index (χ1v) is 7.31. The summed E-state index contributed by atoms with van der Waals surface area (Å²) in [6.07, 6.45) is 0.